The monoisotopic (exact) mass is 318 g/mol. The second-order valence-electron chi connectivity index (χ2n) is 4.53. The number of carbonyl (C=O) groups is 1. The first-order chi connectivity index (χ1) is 11.1. The Kier molecular flexibility index (Phi) is 5.19. The fraction of sp³-hybridized carbons (Fsp3) is 0.267. The molecule has 0 radical (unpaired) electrons. The summed E-state index contributed by atoms with van der Waals surface area (Å²) >= 11 is 0. The minimum absolute atomic E-state index is 0.287. The van der Waals surface area contributed by atoms with Gasteiger partial charge in [-0.3, -0.25) is 9.48 Å². The zero-order chi connectivity index (χ0) is 16.8. The van der Waals surface area contributed by atoms with Crippen molar-refractivity contribution in [3.8, 4) is 17.2 Å². The number of aromatic nitrogens is 2. The van der Waals surface area contributed by atoms with E-state index in [0.29, 0.717) is 22.8 Å². The highest BCUT2D eigenvalue weighted by Gasteiger charge is 2.12. The molecule has 1 amide bonds. The second-order valence-corrected chi connectivity index (χ2v) is 4.53. The molecular weight excluding hydrogens is 300 g/mol. The SMILES string of the molecule is COc1cc(C=NNC(=O)c2ccn(C)n2)cc(OC)c1OC. The Morgan fingerprint density at radius 2 is 1.87 bits per heavy atom. The number of hydrazone groups is 1. The highest BCUT2D eigenvalue weighted by atomic mass is 16.5. The number of carbonyl (C=O) groups excluding carboxylic acids is 1. The van der Waals surface area contributed by atoms with Crippen molar-refractivity contribution in [1.29, 1.82) is 0 Å². The molecule has 0 atom stereocenters. The molecule has 2 rings (SSSR count). The largest absolute Gasteiger partial charge is 0.493 e. The van der Waals surface area contributed by atoms with Crippen molar-refractivity contribution in [2.75, 3.05) is 21.3 Å². The van der Waals surface area contributed by atoms with E-state index in [1.807, 2.05) is 0 Å². The Bertz CT molecular complexity index is 699. The van der Waals surface area contributed by atoms with E-state index in [-0.39, 0.29) is 5.69 Å². The maximum Gasteiger partial charge on any atom is 0.291 e. The van der Waals surface area contributed by atoms with E-state index < -0.39 is 5.91 Å². The molecule has 1 aromatic carbocycles. The molecule has 2 aromatic rings. The van der Waals surface area contributed by atoms with Gasteiger partial charge in [-0.05, 0) is 18.2 Å². The molecule has 0 aliphatic heterocycles. The Labute approximate surface area is 133 Å². The van der Waals surface area contributed by atoms with Crippen LogP contribution in [0.2, 0.25) is 0 Å². The number of amides is 1. The Morgan fingerprint density at radius 1 is 1.22 bits per heavy atom. The smallest absolute Gasteiger partial charge is 0.291 e. The summed E-state index contributed by atoms with van der Waals surface area (Å²) in [4.78, 5) is 11.8. The minimum Gasteiger partial charge on any atom is -0.493 e. The number of rotatable bonds is 6. The number of nitrogens with zero attached hydrogens (tertiary/aromatic N) is 3. The Hall–Kier alpha value is -3.03. The van der Waals surface area contributed by atoms with Crippen molar-refractivity contribution >= 4 is 12.1 Å². The molecule has 0 fully saturated rings. The molecule has 0 spiro atoms. The summed E-state index contributed by atoms with van der Waals surface area (Å²) in [5.74, 6) is 1.10. The number of benzene rings is 1. The summed E-state index contributed by atoms with van der Waals surface area (Å²) in [6.07, 6.45) is 3.16. The topological polar surface area (TPSA) is 87.0 Å². The lowest BCUT2D eigenvalue weighted by Crippen LogP contribution is -2.18. The van der Waals surface area contributed by atoms with Crippen LogP contribution in [0.1, 0.15) is 16.1 Å². The number of aryl methyl sites for hydroxylation is 1. The third kappa shape index (κ3) is 3.79. The van der Waals surface area contributed by atoms with E-state index in [9.17, 15) is 4.79 Å². The molecule has 0 saturated heterocycles. The van der Waals surface area contributed by atoms with Gasteiger partial charge in [0.15, 0.2) is 17.2 Å². The van der Waals surface area contributed by atoms with Crippen molar-refractivity contribution in [2.45, 2.75) is 0 Å². The van der Waals surface area contributed by atoms with Crippen LogP contribution in [-0.4, -0.2) is 43.2 Å². The van der Waals surface area contributed by atoms with E-state index in [4.69, 9.17) is 14.2 Å². The van der Waals surface area contributed by atoms with Crippen molar-refractivity contribution in [3.05, 3.63) is 35.7 Å². The average molecular weight is 318 g/mol. The summed E-state index contributed by atoms with van der Waals surface area (Å²) in [5.41, 5.74) is 3.37. The maximum atomic E-state index is 11.8. The lowest BCUT2D eigenvalue weighted by atomic mass is 10.2. The standard InChI is InChI=1S/C15H18N4O4/c1-19-6-5-11(18-19)15(20)17-16-9-10-7-12(21-2)14(23-4)13(8-10)22-3/h5-9H,1-4H3,(H,17,20). The van der Waals surface area contributed by atoms with Crippen LogP contribution < -0.4 is 19.6 Å². The van der Waals surface area contributed by atoms with Gasteiger partial charge < -0.3 is 14.2 Å². The molecule has 23 heavy (non-hydrogen) atoms. The lowest BCUT2D eigenvalue weighted by molar-refractivity contribution is 0.0949. The van der Waals surface area contributed by atoms with Crippen LogP contribution in [0.15, 0.2) is 29.5 Å². The van der Waals surface area contributed by atoms with E-state index in [0.717, 1.165) is 0 Å². The molecular formula is C15H18N4O4. The van der Waals surface area contributed by atoms with Crippen molar-refractivity contribution in [2.24, 2.45) is 12.1 Å². The van der Waals surface area contributed by atoms with E-state index >= 15 is 0 Å². The molecule has 1 N–H and O–H groups in total. The molecule has 0 bridgehead atoms. The molecule has 8 heteroatoms. The van der Waals surface area contributed by atoms with Crippen molar-refractivity contribution < 1.29 is 19.0 Å². The average Bonchev–Trinajstić information content (AvgIpc) is 3.00. The quantitative estimate of drug-likeness (QED) is 0.639. The third-order valence-corrected chi connectivity index (χ3v) is 3.01. The minimum atomic E-state index is -0.394. The Morgan fingerprint density at radius 3 is 2.35 bits per heavy atom. The van der Waals surface area contributed by atoms with E-state index in [1.54, 1.807) is 31.4 Å². The molecule has 0 aliphatic rings. The summed E-state index contributed by atoms with van der Waals surface area (Å²) in [6, 6.07) is 5.04. The number of ether oxygens (including phenoxy) is 3. The van der Waals surface area contributed by atoms with Gasteiger partial charge in [0.05, 0.1) is 27.5 Å². The lowest BCUT2D eigenvalue weighted by Gasteiger charge is -2.12. The first-order valence-corrected chi connectivity index (χ1v) is 6.72. The summed E-state index contributed by atoms with van der Waals surface area (Å²) in [6.45, 7) is 0. The Balaban J connectivity index is 2.14. The van der Waals surface area contributed by atoms with Gasteiger partial charge in [0.2, 0.25) is 5.75 Å². The highest BCUT2D eigenvalue weighted by molar-refractivity contribution is 5.93. The first-order valence-electron chi connectivity index (χ1n) is 6.72. The molecule has 0 aliphatic carbocycles. The fourth-order valence-corrected chi connectivity index (χ4v) is 1.93. The van der Waals surface area contributed by atoms with Gasteiger partial charge in [-0.2, -0.15) is 10.2 Å². The predicted molar refractivity (Wildman–Crippen MR) is 84.4 cm³/mol. The van der Waals surface area contributed by atoms with Crippen LogP contribution in [0.4, 0.5) is 0 Å². The van der Waals surface area contributed by atoms with Gasteiger partial charge >= 0.3 is 0 Å². The van der Waals surface area contributed by atoms with Crippen LogP contribution in [-0.2, 0) is 7.05 Å². The summed E-state index contributed by atoms with van der Waals surface area (Å²) < 4.78 is 17.3. The van der Waals surface area contributed by atoms with Crippen LogP contribution in [0.5, 0.6) is 17.2 Å². The number of methoxy groups -OCH3 is 3. The van der Waals surface area contributed by atoms with Crippen LogP contribution in [0.3, 0.4) is 0 Å². The molecule has 0 saturated carbocycles. The van der Waals surface area contributed by atoms with E-state index in [1.165, 1.54) is 32.2 Å². The van der Waals surface area contributed by atoms with Gasteiger partial charge in [-0.15, -0.1) is 0 Å². The maximum absolute atomic E-state index is 11.8. The first kappa shape index (κ1) is 16.3. The molecule has 8 nitrogen and oxygen atoms in total. The zero-order valence-electron chi connectivity index (χ0n) is 13.4. The van der Waals surface area contributed by atoms with Gasteiger partial charge in [-0.1, -0.05) is 0 Å². The highest BCUT2D eigenvalue weighted by Crippen LogP contribution is 2.37. The molecule has 122 valence electrons. The number of nitrogens with one attached hydrogen (secondary N) is 1. The van der Waals surface area contributed by atoms with Gasteiger partial charge in [-0.25, -0.2) is 5.43 Å². The number of hydrogen-bond acceptors (Lipinski definition) is 6. The van der Waals surface area contributed by atoms with Crippen LogP contribution in [0.25, 0.3) is 0 Å². The summed E-state index contributed by atoms with van der Waals surface area (Å²) in [5, 5.41) is 7.90. The molecule has 1 aromatic heterocycles. The van der Waals surface area contributed by atoms with Gasteiger partial charge in [0.1, 0.15) is 0 Å². The molecule has 0 unspecified atom stereocenters. The molecule has 1 heterocycles. The third-order valence-electron chi connectivity index (χ3n) is 3.01. The van der Waals surface area contributed by atoms with Crippen molar-refractivity contribution in [1.82, 2.24) is 15.2 Å². The van der Waals surface area contributed by atoms with Crippen LogP contribution >= 0.6 is 0 Å². The van der Waals surface area contributed by atoms with Gasteiger partial charge in [0, 0.05) is 18.8 Å². The zero-order valence-corrected chi connectivity index (χ0v) is 13.4. The predicted octanol–water partition coefficient (Wildman–Crippen LogP) is 1.21. The van der Waals surface area contributed by atoms with Crippen LogP contribution in [0, 0.1) is 0 Å². The summed E-state index contributed by atoms with van der Waals surface area (Å²) in [7, 11) is 6.32. The second kappa shape index (κ2) is 7.30. The van der Waals surface area contributed by atoms with Gasteiger partial charge in [0.25, 0.3) is 5.91 Å². The number of hydrogen-bond donors (Lipinski definition) is 1. The normalized spacial score (nSPS) is 10.6. The van der Waals surface area contributed by atoms with Crippen molar-refractivity contribution in [3.63, 3.8) is 0 Å². The van der Waals surface area contributed by atoms with E-state index in [2.05, 4.69) is 15.6 Å². The fourth-order valence-electron chi connectivity index (χ4n) is 1.93.